The Morgan fingerprint density at radius 3 is 2.81 bits per heavy atom. The van der Waals surface area contributed by atoms with E-state index in [1.54, 1.807) is 11.3 Å². The highest BCUT2D eigenvalue weighted by atomic mass is 32.1. The van der Waals surface area contributed by atoms with E-state index >= 15 is 0 Å². The Kier molecular flexibility index (Phi) is 3.47. The van der Waals surface area contributed by atoms with Gasteiger partial charge in [0.05, 0.1) is 5.01 Å². The van der Waals surface area contributed by atoms with Gasteiger partial charge >= 0.3 is 0 Å². The molecule has 0 aliphatic heterocycles. The minimum absolute atomic E-state index is 0.484. The third-order valence-electron chi connectivity index (χ3n) is 1.98. The van der Waals surface area contributed by atoms with Crippen molar-refractivity contribution in [3.05, 3.63) is 10.4 Å². The zero-order valence-corrected chi connectivity index (χ0v) is 10.8. The van der Waals surface area contributed by atoms with Gasteiger partial charge in [-0.3, -0.25) is 0 Å². The third-order valence-corrected chi connectivity index (χ3v) is 3.67. The number of nitrogens with two attached hydrogens (primary N) is 1. The van der Waals surface area contributed by atoms with E-state index in [2.05, 4.69) is 34.2 Å². The number of rotatable bonds is 4. The lowest BCUT2D eigenvalue weighted by Crippen LogP contribution is -2.14. The van der Waals surface area contributed by atoms with Crippen LogP contribution in [0.1, 0.15) is 5.01 Å². The van der Waals surface area contributed by atoms with Gasteiger partial charge in [0.25, 0.3) is 0 Å². The Labute approximate surface area is 102 Å². The quantitative estimate of drug-likeness (QED) is 0.893. The molecule has 0 spiro atoms. The first-order chi connectivity index (χ1) is 7.65. The van der Waals surface area contributed by atoms with Crippen molar-refractivity contribution >= 4 is 27.8 Å². The van der Waals surface area contributed by atoms with Crippen molar-refractivity contribution < 1.29 is 0 Å². The summed E-state index contributed by atoms with van der Waals surface area (Å²) in [5.74, 6) is 0. The number of nitrogen functional groups attached to an aromatic ring is 1. The first kappa shape index (κ1) is 11.4. The summed E-state index contributed by atoms with van der Waals surface area (Å²) in [6.45, 7) is 1.01. The van der Waals surface area contributed by atoms with Crippen molar-refractivity contribution in [3.63, 3.8) is 0 Å². The summed E-state index contributed by atoms with van der Waals surface area (Å²) in [7, 11) is 4.11. The number of aromatic nitrogens is 3. The highest BCUT2D eigenvalue weighted by Crippen LogP contribution is 2.26. The SMILES string of the molecule is CN(C)CCc1nc(-c2nnc(N)s2)cs1. The first-order valence-electron chi connectivity index (χ1n) is 4.83. The molecule has 0 saturated carbocycles. The van der Waals surface area contributed by atoms with Crippen molar-refractivity contribution in [1.29, 1.82) is 0 Å². The van der Waals surface area contributed by atoms with E-state index in [1.807, 2.05) is 5.38 Å². The Hall–Kier alpha value is -1.05. The largest absolute Gasteiger partial charge is 0.374 e. The highest BCUT2D eigenvalue weighted by Gasteiger charge is 2.09. The molecule has 0 amide bonds. The maximum atomic E-state index is 5.54. The molecule has 0 aliphatic carbocycles. The van der Waals surface area contributed by atoms with E-state index in [-0.39, 0.29) is 0 Å². The second-order valence-corrected chi connectivity index (χ2v) is 5.58. The van der Waals surface area contributed by atoms with Crippen LogP contribution in [0.5, 0.6) is 0 Å². The molecule has 0 unspecified atom stereocenters. The number of hydrogen-bond donors (Lipinski definition) is 1. The fourth-order valence-electron chi connectivity index (χ4n) is 1.18. The molecular weight excluding hydrogens is 242 g/mol. The van der Waals surface area contributed by atoms with Crippen LogP contribution in [-0.4, -0.2) is 40.7 Å². The van der Waals surface area contributed by atoms with Crippen molar-refractivity contribution in [3.8, 4) is 10.7 Å². The topological polar surface area (TPSA) is 67.9 Å². The summed E-state index contributed by atoms with van der Waals surface area (Å²) < 4.78 is 0. The average Bonchev–Trinajstić information content (AvgIpc) is 2.83. The normalized spacial score (nSPS) is 11.2. The predicted octanol–water partition coefficient (Wildman–Crippen LogP) is 1.35. The number of hydrogen-bond acceptors (Lipinski definition) is 7. The van der Waals surface area contributed by atoms with E-state index < -0.39 is 0 Å². The molecule has 16 heavy (non-hydrogen) atoms. The number of nitrogens with zero attached hydrogens (tertiary/aromatic N) is 4. The summed E-state index contributed by atoms with van der Waals surface area (Å²) in [5.41, 5.74) is 6.42. The van der Waals surface area contributed by atoms with E-state index in [0.717, 1.165) is 28.7 Å². The Bertz CT molecular complexity index is 462. The monoisotopic (exact) mass is 255 g/mol. The van der Waals surface area contributed by atoms with Gasteiger partial charge in [-0.05, 0) is 14.1 Å². The second kappa shape index (κ2) is 4.86. The minimum Gasteiger partial charge on any atom is -0.374 e. The van der Waals surface area contributed by atoms with Gasteiger partial charge in [0.2, 0.25) is 5.13 Å². The predicted molar refractivity (Wildman–Crippen MR) is 67.7 cm³/mol. The van der Waals surface area contributed by atoms with Crippen LogP contribution in [0.2, 0.25) is 0 Å². The van der Waals surface area contributed by atoms with Gasteiger partial charge in [0, 0.05) is 18.3 Å². The summed E-state index contributed by atoms with van der Waals surface area (Å²) in [4.78, 5) is 6.65. The fraction of sp³-hybridized carbons (Fsp3) is 0.444. The lowest BCUT2D eigenvalue weighted by atomic mass is 10.4. The van der Waals surface area contributed by atoms with Crippen LogP contribution in [0, 0.1) is 0 Å². The third kappa shape index (κ3) is 2.75. The van der Waals surface area contributed by atoms with Crippen molar-refractivity contribution in [2.75, 3.05) is 26.4 Å². The molecule has 2 aromatic heterocycles. The average molecular weight is 255 g/mol. The Morgan fingerprint density at radius 1 is 1.38 bits per heavy atom. The molecule has 7 heteroatoms. The molecule has 0 fully saturated rings. The molecule has 2 heterocycles. The Balaban J connectivity index is 2.07. The van der Waals surface area contributed by atoms with Gasteiger partial charge in [-0.15, -0.1) is 21.5 Å². The van der Waals surface area contributed by atoms with Crippen LogP contribution in [0.3, 0.4) is 0 Å². The number of thiazole rings is 1. The number of anilines is 1. The van der Waals surface area contributed by atoms with E-state index in [0.29, 0.717) is 5.13 Å². The molecule has 0 aromatic carbocycles. The molecule has 5 nitrogen and oxygen atoms in total. The van der Waals surface area contributed by atoms with Crippen LogP contribution in [0.15, 0.2) is 5.38 Å². The standard InChI is InChI=1S/C9H13N5S2/c1-14(2)4-3-7-11-6(5-15-7)8-12-13-9(10)16-8/h5H,3-4H2,1-2H3,(H2,10,13). The molecule has 2 rings (SSSR count). The smallest absolute Gasteiger partial charge is 0.203 e. The van der Waals surface area contributed by atoms with Gasteiger partial charge in [0.1, 0.15) is 5.69 Å². The van der Waals surface area contributed by atoms with Crippen LogP contribution in [0.4, 0.5) is 5.13 Å². The van der Waals surface area contributed by atoms with Gasteiger partial charge in [-0.25, -0.2) is 4.98 Å². The van der Waals surface area contributed by atoms with Crippen molar-refractivity contribution in [1.82, 2.24) is 20.1 Å². The number of likely N-dealkylation sites (N-methyl/N-ethyl adjacent to an activating group) is 1. The summed E-state index contributed by atoms with van der Waals surface area (Å²) >= 11 is 3.02. The highest BCUT2D eigenvalue weighted by molar-refractivity contribution is 7.18. The molecule has 2 N–H and O–H groups in total. The van der Waals surface area contributed by atoms with Crippen molar-refractivity contribution in [2.45, 2.75) is 6.42 Å². The van der Waals surface area contributed by atoms with Crippen molar-refractivity contribution in [2.24, 2.45) is 0 Å². The summed E-state index contributed by atoms with van der Waals surface area (Å²) in [5, 5.41) is 12.2. The van der Waals surface area contributed by atoms with Crippen LogP contribution >= 0.6 is 22.7 Å². The molecule has 0 saturated heterocycles. The Morgan fingerprint density at radius 2 is 2.19 bits per heavy atom. The van der Waals surface area contributed by atoms with E-state index in [4.69, 9.17) is 5.73 Å². The van der Waals surface area contributed by atoms with E-state index in [1.165, 1.54) is 11.3 Å². The van der Waals surface area contributed by atoms with Crippen LogP contribution in [-0.2, 0) is 6.42 Å². The zero-order valence-electron chi connectivity index (χ0n) is 9.17. The van der Waals surface area contributed by atoms with Gasteiger partial charge in [0.15, 0.2) is 5.01 Å². The first-order valence-corrected chi connectivity index (χ1v) is 6.53. The second-order valence-electron chi connectivity index (χ2n) is 3.63. The fourth-order valence-corrected chi connectivity index (χ4v) is 2.60. The van der Waals surface area contributed by atoms with Gasteiger partial charge in [-0.1, -0.05) is 11.3 Å². The van der Waals surface area contributed by atoms with Crippen LogP contribution in [0.25, 0.3) is 10.7 Å². The molecule has 0 radical (unpaired) electrons. The molecular formula is C9H13N5S2. The summed E-state index contributed by atoms with van der Waals surface area (Å²) in [6.07, 6.45) is 0.964. The van der Waals surface area contributed by atoms with E-state index in [9.17, 15) is 0 Å². The summed E-state index contributed by atoms with van der Waals surface area (Å²) in [6, 6.07) is 0. The maximum Gasteiger partial charge on any atom is 0.203 e. The molecule has 2 aromatic rings. The lowest BCUT2D eigenvalue weighted by molar-refractivity contribution is 0.413. The molecule has 86 valence electrons. The molecule has 0 atom stereocenters. The van der Waals surface area contributed by atoms with Gasteiger partial charge < -0.3 is 10.6 Å². The lowest BCUT2D eigenvalue weighted by Gasteiger charge is -2.06. The minimum atomic E-state index is 0.484. The zero-order chi connectivity index (χ0) is 11.5. The molecule has 0 aliphatic rings. The molecule has 0 bridgehead atoms. The maximum absolute atomic E-state index is 5.54. The van der Waals surface area contributed by atoms with Crippen LogP contribution < -0.4 is 5.73 Å². The van der Waals surface area contributed by atoms with Gasteiger partial charge in [-0.2, -0.15) is 0 Å².